The summed E-state index contributed by atoms with van der Waals surface area (Å²) in [7, 11) is 0. The van der Waals surface area contributed by atoms with Crippen molar-refractivity contribution < 1.29 is 0 Å². The van der Waals surface area contributed by atoms with Crippen molar-refractivity contribution in [1.82, 2.24) is 4.98 Å². The maximum absolute atomic E-state index is 4.61. The first kappa shape index (κ1) is 13.1. The fraction of sp³-hybridized carbons (Fsp3) is 0.600. The van der Waals surface area contributed by atoms with E-state index in [1.54, 1.807) is 0 Å². The van der Waals surface area contributed by atoms with Gasteiger partial charge in [0.05, 0.1) is 0 Å². The van der Waals surface area contributed by atoms with E-state index < -0.39 is 0 Å². The van der Waals surface area contributed by atoms with Gasteiger partial charge in [0.2, 0.25) is 0 Å². The highest BCUT2D eigenvalue weighted by atomic mass is 15.2. The highest BCUT2D eigenvalue weighted by molar-refractivity contribution is 6.01. The molecule has 0 aromatic carbocycles. The summed E-state index contributed by atoms with van der Waals surface area (Å²) in [5.41, 5.74) is 2.40. The number of anilines is 1. The van der Waals surface area contributed by atoms with Gasteiger partial charge in [0, 0.05) is 36.1 Å². The summed E-state index contributed by atoms with van der Waals surface area (Å²) in [6, 6.07) is 5.21. The highest BCUT2D eigenvalue weighted by Gasteiger charge is 2.16. The van der Waals surface area contributed by atoms with Gasteiger partial charge in [-0.1, -0.05) is 0 Å². The minimum absolute atomic E-state index is 0.465. The monoisotopic (exact) mass is 245 g/mol. The van der Waals surface area contributed by atoms with Gasteiger partial charge in [0.15, 0.2) is 0 Å². The normalized spacial score (nSPS) is 15.3. The van der Waals surface area contributed by atoms with Crippen LogP contribution in [0.4, 0.5) is 5.82 Å². The molecular weight excluding hydrogens is 222 g/mol. The first-order valence-corrected chi connectivity index (χ1v) is 6.87. The number of aliphatic imine (C=N–C) groups is 1. The Morgan fingerprint density at radius 3 is 2.28 bits per heavy atom. The quantitative estimate of drug-likeness (QED) is 0.814. The van der Waals surface area contributed by atoms with E-state index in [9.17, 15) is 0 Å². The van der Waals surface area contributed by atoms with Crippen LogP contribution in [0, 0.1) is 0 Å². The topological polar surface area (TPSA) is 28.5 Å². The second kappa shape index (κ2) is 5.51. The Balaban J connectivity index is 2.20. The van der Waals surface area contributed by atoms with Crippen molar-refractivity contribution in [3.63, 3.8) is 0 Å². The summed E-state index contributed by atoms with van der Waals surface area (Å²) in [5, 5.41) is 0. The lowest BCUT2D eigenvalue weighted by Gasteiger charge is -2.31. The molecule has 0 radical (unpaired) electrons. The van der Waals surface area contributed by atoms with Gasteiger partial charge < -0.3 is 4.90 Å². The summed E-state index contributed by atoms with van der Waals surface area (Å²) in [6.45, 7) is 9.79. The van der Waals surface area contributed by atoms with E-state index in [-0.39, 0.29) is 0 Å². The number of hydrogen-bond donors (Lipinski definition) is 0. The Labute approximate surface area is 110 Å². The number of hydrogen-bond acceptors (Lipinski definition) is 3. The third-order valence-corrected chi connectivity index (χ3v) is 3.33. The summed E-state index contributed by atoms with van der Waals surface area (Å²) in [6.07, 6.45) is 4.25. The molecule has 0 fully saturated rings. The van der Waals surface area contributed by atoms with Gasteiger partial charge in [0.25, 0.3) is 0 Å². The fourth-order valence-electron chi connectivity index (χ4n) is 2.61. The van der Waals surface area contributed by atoms with Crippen LogP contribution in [0.2, 0.25) is 0 Å². The summed E-state index contributed by atoms with van der Waals surface area (Å²) in [4.78, 5) is 11.5. The minimum atomic E-state index is 0.465. The van der Waals surface area contributed by atoms with Crippen molar-refractivity contribution in [2.75, 3.05) is 11.4 Å². The van der Waals surface area contributed by atoms with E-state index in [0.29, 0.717) is 12.1 Å². The van der Waals surface area contributed by atoms with Crippen molar-refractivity contribution in [3.8, 4) is 0 Å². The second-order valence-electron chi connectivity index (χ2n) is 5.43. The average Bonchev–Trinajstić information content (AvgIpc) is 2.82. The van der Waals surface area contributed by atoms with Gasteiger partial charge in [-0.25, -0.2) is 4.98 Å². The molecule has 1 aromatic rings. The number of rotatable bonds is 4. The SMILES string of the molecule is CC(C)N(c1ccc(C2=NCCC2)cn1)C(C)C. The molecule has 3 heteroatoms. The van der Waals surface area contributed by atoms with Crippen molar-refractivity contribution in [3.05, 3.63) is 23.9 Å². The molecule has 0 spiro atoms. The van der Waals surface area contributed by atoms with Crippen molar-refractivity contribution in [1.29, 1.82) is 0 Å². The van der Waals surface area contributed by atoms with Gasteiger partial charge in [0.1, 0.15) is 5.82 Å². The molecule has 0 amide bonds. The molecule has 3 nitrogen and oxygen atoms in total. The van der Waals surface area contributed by atoms with Crippen LogP contribution in [0.5, 0.6) is 0 Å². The molecule has 0 atom stereocenters. The van der Waals surface area contributed by atoms with Crippen molar-refractivity contribution in [2.24, 2.45) is 4.99 Å². The van der Waals surface area contributed by atoms with Crippen molar-refractivity contribution >= 4 is 11.5 Å². The zero-order valence-corrected chi connectivity index (χ0v) is 11.8. The van der Waals surface area contributed by atoms with Crippen LogP contribution in [0.25, 0.3) is 0 Å². The van der Waals surface area contributed by atoms with Crippen LogP contribution >= 0.6 is 0 Å². The zero-order valence-electron chi connectivity index (χ0n) is 11.8. The van der Waals surface area contributed by atoms with Gasteiger partial charge in [-0.05, 0) is 52.7 Å². The number of nitrogens with zero attached hydrogens (tertiary/aromatic N) is 3. The maximum Gasteiger partial charge on any atom is 0.128 e. The second-order valence-corrected chi connectivity index (χ2v) is 5.43. The van der Waals surface area contributed by atoms with Crippen LogP contribution in [-0.4, -0.2) is 29.3 Å². The smallest absolute Gasteiger partial charge is 0.128 e. The predicted octanol–water partition coefficient (Wildman–Crippen LogP) is 3.29. The highest BCUT2D eigenvalue weighted by Crippen LogP contribution is 2.19. The fourth-order valence-corrected chi connectivity index (χ4v) is 2.61. The van der Waals surface area contributed by atoms with Gasteiger partial charge in [-0.2, -0.15) is 0 Å². The summed E-state index contributed by atoms with van der Waals surface area (Å²) < 4.78 is 0. The standard InChI is InChI=1S/C15H23N3/c1-11(2)18(12(3)4)15-8-7-13(10-17-15)14-6-5-9-16-14/h7-8,10-12H,5-6,9H2,1-4H3. The van der Waals surface area contributed by atoms with E-state index in [0.717, 1.165) is 18.8 Å². The zero-order chi connectivity index (χ0) is 13.1. The molecule has 0 N–H and O–H groups in total. The average molecular weight is 245 g/mol. The van der Waals surface area contributed by atoms with E-state index >= 15 is 0 Å². The first-order chi connectivity index (χ1) is 8.59. The molecule has 0 saturated carbocycles. The Hall–Kier alpha value is -1.38. The van der Waals surface area contributed by atoms with E-state index in [2.05, 4.69) is 54.7 Å². The molecule has 0 aliphatic carbocycles. The molecule has 0 bridgehead atoms. The molecule has 1 aliphatic heterocycles. The molecule has 0 saturated heterocycles. The van der Waals surface area contributed by atoms with Crippen LogP contribution in [0.15, 0.2) is 23.3 Å². The van der Waals surface area contributed by atoms with Crippen LogP contribution in [0.1, 0.15) is 46.1 Å². The summed E-state index contributed by atoms with van der Waals surface area (Å²) >= 11 is 0. The third-order valence-electron chi connectivity index (χ3n) is 3.33. The molecule has 98 valence electrons. The van der Waals surface area contributed by atoms with Gasteiger partial charge in [-0.15, -0.1) is 0 Å². The van der Waals surface area contributed by atoms with E-state index in [4.69, 9.17) is 0 Å². The Morgan fingerprint density at radius 2 is 1.83 bits per heavy atom. The minimum Gasteiger partial charge on any atom is -0.352 e. The van der Waals surface area contributed by atoms with Crippen LogP contribution < -0.4 is 4.90 Å². The Bertz CT molecular complexity index is 410. The molecule has 18 heavy (non-hydrogen) atoms. The van der Waals surface area contributed by atoms with E-state index in [1.165, 1.54) is 17.7 Å². The van der Waals surface area contributed by atoms with Gasteiger partial charge in [-0.3, -0.25) is 4.99 Å². The third kappa shape index (κ3) is 2.71. The summed E-state index contributed by atoms with van der Waals surface area (Å²) in [5.74, 6) is 1.06. The number of aromatic nitrogens is 1. The lowest BCUT2D eigenvalue weighted by Crippen LogP contribution is -2.37. The molecule has 2 rings (SSSR count). The maximum atomic E-state index is 4.61. The van der Waals surface area contributed by atoms with Gasteiger partial charge >= 0.3 is 0 Å². The Morgan fingerprint density at radius 1 is 1.11 bits per heavy atom. The molecular formula is C15H23N3. The molecule has 1 aromatic heterocycles. The molecule has 0 unspecified atom stereocenters. The largest absolute Gasteiger partial charge is 0.352 e. The lowest BCUT2D eigenvalue weighted by atomic mass is 10.1. The molecule has 1 aliphatic rings. The van der Waals surface area contributed by atoms with Crippen LogP contribution in [0.3, 0.4) is 0 Å². The van der Waals surface area contributed by atoms with Crippen molar-refractivity contribution in [2.45, 2.75) is 52.6 Å². The predicted molar refractivity (Wildman–Crippen MR) is 77.6 cm³/mol. The first-order valence-electron chi connectivity index (χ1n) is 6.87. The van der Waals surface area contributed by atoms with Crippen LogP contribution in [-0.2, 0) is 0 Å². The number of pyridine rings is 1. The molecule has 2 heterocycles. The lowest BCUT2D eigenvalue weighted by molar-refractivity contribution is 0.600. The Kier molecular flexibility index (Phi) is 4.00. The van der Waals surface area contributed by atoms with E-state index in [1.807, 2.05) is 6.20 Å².